The van der Waals surface area contributed by atoms with E-state index in [0.717, 1.165) is 6.42 Å². The highest BCUT2D eigenvalue weighted by atomic mass is 32.1. The third-order valence-corrected chi connectivity index (χ3v) is 4.54. The van der Waals surface area contributed by atoms with Crippen molar-refractivity contribution >= 4 is 23.0 Å². The molecule has 4 nitrogen and oxygen atoms in total. The summed E-state index contributed by atoms with van der Waals surface area (Å²) in [6.45, 7) is 1.59. The highest BCUT2D eigenvalue weighted by Crippen LogP contribution is 2.13. The van der Waals surface area contributed by atoms with Crippen molar-refractivity contribution in [1.29, 1.82) is 0 Å². The highest BCUT2D eigenvalue weighted by Gasteiger charge is 2.15. The second-order valence-electron chi connectivity index (χ2n) is 5.31. The maximum absolute atomic E-state index is 12.4. The molecule has 0 aliphatic rings. The van der Waals surface area contributed by atoms with Crippen molar-refractivity contribution in [3.63, 3.8) is 0 Å². The van der Waals surface area contributed by atoms with Gasteiger partial charge in [-0.3, -0.25) is 9.59 Å². The first-order chi connectivity index (χ1) is 11.2. The van der Waals surface area contributed by atoms with Crippen molar-refractivity contribution in [2.75, 3.05) is 19.6 Å². The summed E-state index contributed by atoms with van der Waals surface area (Å²) in [5.74, 6) is 0.0281. The molecule has 2 aromatic rings. The number of nitrogens with zero attached hydrogens (tertiary/aromatic N) is 1. The fourth-order valence-corrected chi connectivity index (χ4v) is 3.06. The van der Waals surface area contributed by atoms with Gasteiger partial charge in [0.2, 0.25) is 5.91 Å². The van der Waals surface area contributed by atoms with Crippen molar-refractivity contribution < 1.29 is 9.59 Å². The molecule has 0 atom stereocenters. The quantitative estimate of drug-likeness (QED) is 0.719. The number of hydrogen-bond donors (Lipinski definition) is 1. The van der Waals surface area contributed by atoms with Crippen LogP contribution in [0, 0.1) is 0 Å². The third-order valence-electron chi connectivity index (χ3n) is 3.63. The lowest BCUT2D eigenvalue weighted by Crippen LogP contribution is -2.37. The first kappa shape index (κ1) is 17.4. The van der Waals surface area contributed by atoms with Crippen molar-refractivity contribution in [3.8, 4) is 0 Å². The molecule has 2 N–H and O–H groups in total. The Bertz CT molecular complexity index is 611. The minimum absolute atomic E-state index is 0.00344. The molecule has 0 radical (unpaired) electrons. The number of carbonyl (C=O) groups excluding carboxylic acids is 2. The van der Waals surface area contributed by atoms with Gasteiger partial charge in [0.05, 0.1) is 4.88 Å². The van der Waals surface area contributed by atoms with Crippen molar-refractivity contribution in [2.45, 2.75) is 19.3 Å². The Kier molecular flexibility index (Phi) is 6.97. The Labute approximate surface area is 140 Å². The van der Waals surface area contributed by atoms with Crippen LogP contribution < -0.4 is 5.73 Å². The largest absolute Gasteiger partial charge is 0.341 e. The van der Waals surface area contributed by atoms with Crippen LogP contribution in [0.3, 0.4) is 0 Å². The molecule has 122 valence electrons. The molecule has 1 heterocycles. The molecule has 1 aromatic heterocycles. The first-order valence-corrected chi connectivity index (χ1v) is 8.67. The number of Topliss-reactive ketones (excluding diaryl/α,β-unsaturated/α-hetero) is 1. The molecule has 1 amide bonds. The van der Waals surface area contributed by atoms with Gasteiger partial charge in [-0.2, -0.15) is 0 Å². The van der Waals surface area contributed by atoms with Gasteiger partial charge in [0.15, 0.2) is 5.78 Å². The Morgan fingerprint density at radius 2 is 1.78 bits per heavy atom. The Hall–Kier alpha value is -1.98. The molecule has 0 fully saturated rings. The van der Waals surface area contributed by atoms with E-state index in [1.54, 1.807) is 11.0 Å². The topological polar surface area (TPSA) is 63.4 Å². The van der Waals surface area contributed by atoms with Gasteiger partial charge in [0.1, 0.15) is 0 Å². The number of nitrogens with two attached hydrogens (primary N) is 1. The minimum Gasteiger partial charge on any atom is -0.341 e. The molecule has 23 heavy (non-hydrogen) atoms. The molecule has 0 aliphatic heterocycles. The molecule has 0 bridgehead atoms. The number of ketones is 1. The Morgan fingerprint density at radius 1 is 1.00 bits per heavy atom. The molecule has 0 saturated carbocycles. The number of benzene rings is 1. The highest BCUT2D eigenvalue weighted by molar-refractivity contribution is 7.12. The van der Waals surface area contributed by atoms with Crippen LogP contribution in [0.1, 0.15) is 28.1 Å². The number of amides is 1. The lowest BCUT2D eigenvalue weighted by Gasteiger charge is -2.22. The predicted octanol–water partition coefficient (Wildman–Crippen LogP) is 2.74. The molecule has 0 saturated heterocycles. The zero-order chi connectivity index (χ0) is 16.5. The van der Waals surface area contributed by atoms with Crippen LogP contribution in [-0.4, -0.2) is 36.2 Å². The van der Waals surface area contributed by atoms with E-state index >= 15 is 0 Å². The summed E-state index contributed by atoms with van der Waals surface area (Å²) >= 11 is 1.41. The third kappa shape index (κ3) is 5.62. The Morgan fingerprint density at radius 3 is 2.43 bits per heavy atom. The van der Waals surface area contributed by atoms with E-state index in [2.05, 4.69) is 0 Å². The second kappa shape index (κ2) is 9.22. The van der Waals surface area contributed by atoms with Crippen LogP contribution in [-0.2, 0) is 11.2 Å². The summed E-state index contributed by atoms with van der Waals surface area (Å²) in [5, 5.41) is 1.87. The normalized spacial score (nSPS) is 10.5. The van der Waals surface area contributed by atoms with Gasteiger partial charge in [-0.25, -0.2) is 0 Å². The maximum Gasteiger partial charge on any atom is 0.223 e. The standard InChI is InChI=1S/C18H22N2O2S/c19-11-13-20(12-10-15-5-2-1-3-6-15)18(22)9-8-16(21)17-7-4-14-23-17/h1-7,14H,8-13,19H2. The second-order valence-corrected chi connectivity index (χ2v) is 6.25. The van der Waals surface area contributed by atoms with Gasteiger partial charge in [0, 0.05) is 32.5 Å². The van der Waals surface area contributed by atoms with E-state index in [-0.39, 0.29) is 24.5 Å². The van der Waals surface area contributed by atoms with Crippen LogP contribution in [0.25, 0.3) is 0 Å². The van der Waals surface area contributed by atoms with Gasteiger partial charge in [-0.05, 0) is 23.4 Å². The number of carbonyl (C=O) groups is 2. The van der Waals surface area contributed by atoms with Gasteiger partial charge in [-0.15, -0.1) is 11.3 Å². The molecular weight excluding hydrogens is 308 g/mol. The van der Waals surface area contributed by atoms with Crippen LogP contribution >= 0.6 is 11.3 Å². The lowest BCUT2D eigenvalue weighted by atomic mass is 10.1. The van der Waals surface area contributed by atoms with E-state index in [4.69, 9.17) is 5.73 Å². The molecule has 1 aromatic carbocycles. The van der Waals surface area contributed by atoms with E-state index in [1.165, 1.54) is 16.9 Å². The number of rotatable bonds is 9. The van der Waals surface area contributed by atoms with Crippen molar-refractivity contribution in [3.05, 3.63) is 58.3 Å². The average molecular weight is 330 g/mol. The van der Waals surface area contributed by atoms with Gasteiger partial charge in [-0.1, -0.05) is 36.4 Å². The van der Waals surface area contributed by atoms with Crippen LogP contribution in [0.2, 0.25) is 0 Å². The first-order valence-electron chi connectivity index (χ1n) is 7.79. The average Bonchev–Trinajstić information content (AvgIpc) is 3.11. The summed E-state index contributed by atoms with van der Waals surface area (Å²) in [6, 6.07) is 13.7. The fourth-order valence-electron chi connectivity index (χ4n) is 2.36. The predicted molar refractivity (Wildman–Crippen MR) is 93.7 cm³/mol. The van der Waals surface area contributed by atoms with Gasteiger partial charge < -0.3 is 10.6 Å². The molecule has 2 rings (SSSR count). The fraction of sp³-hybridized carbons (Fsp3) is 0.333. The summed E-state index contributed by atoms with van der Waals surface area (Å²) in [7, 11) is 0. The molecule has 5 heteroatoms. The van der Waals surface area contributed by atoms with Crippen molar-refractivity contribution in [1.82, 2.24) is 4.90 Å². The van der Waals surface area contributed by atoms with E-state index in [1.807, 2.05) is 41.8 Å². The monoisotopic (exact) mass is 330 g/mol. The summed E-state index contributed by atoms with van der Waals surface area (Å²) in [6.07, 6.45) is 1.29. The number of hydrogen-bond acceptors (Lipinski definition) is 4. The van der Waals surface area contributed by atoms with Crippen LogP contribution in [0.5, 0.6) is 0 Å². The summed E-state index contributed by atoms with van der Waals surface area (Å²) < 4.78 is 0. The van der Waals surface area contributed by atoms with E-state index in [9.17, 15) is 9.59 Å². The Balaban J connectivity index is 1.84. The maximum atomic E-state index is 12.4. The van der Waals surface area contributed by atoms with E-state index in [0.29, 0.717) is 24.5 Å². The zero-order valence-corrected chi connectivity index (χ0v) is 13.9. The number of thiophene rings is 1. The molecular formula is C18H22N2O2S. The minimum atomic E-state index is -0.00344. The molecule has 0 aliphatic carbocycles. The smallest absolute Gasteiger partial charge is 0.223 e. The molecule has 0 spiro atoms. The summed E-state index contributed by atoms with van der Waals surface area (Å²) in [4.78, 5) is 26.8. The van der Waals surface area contributed by atoms with E-state index < -0.39 is 0 Å². The lowest BCUT2D eigenvalue weighted by molar-refractivity contribution is -0.131. The molecule has 0 unspecified atom stereocenters. The SMILES string of the molecule is NCCN(CCc1ccccc1)C(=O)CCC(=O)c1cccs1. The van der Waals surface area contributed by atoms with Crippen LogP contribution in [0.15, 0.2) is 47.8 Å². The van der Waals surface area contributed by atoms with Crippen molar-refractivity contribution in [2.24, 2.45) is 5.73 Å². The van der Waals surface area contributed by atoms with Gasteiger partial charge >= 0.3 is 0 Å². The van der Waals surface area contributed by atoms with Crippen LogP contribution in [0.4, 0.5) is 0 Å². The zero-order valence-electron chi connectivity index (χ0n) is 13.1. The van der Waals surface area contributed by atoms with Gasteiger partial charge in [0.25, 0.3) is 0 Å². The summed E-state index contributed by atoms with van der Waals surface area (Å²) in [5.41, 5.74) is 6.80.